The molecule has 0 bridgehead atoms. The minimum absolute atomic E-state index is 0.0965. The average molecular weight is 579 g/mol. The molecule has 9 N–H and O–H groups in total. The number of nitrogens with two attached hydrogens (primary N) is 3. The van der Waals surface area contributed by atoms with E-state index in [1.54, 1.807) is 0 Å². The Morgan fingerprint density at radius 2 is 1.45 bits per heavy atom. The Labute approximate surface area is 224 Å². The number of alkyl halides is 3. The van der Waals surface area contributed by atoms with E-state index in [4.69, 9.17) is 17.2 Å². The molecule has 0 aromatic heterocycles. The molecule has 0 saturated carbocycles. The normalized spacial score (nSPS) is 13.8. The molecule has 3 amide bonds. The monoisotopic (exact) mass is 578 g/mol. The number of nitrogens with zero attached hydrogens (tertiary/aromatic N) is 1. The Balaban J connectivity index is 2.32. The molecular weight excluding hydrogens is 550 g/mol. The van der Waals surface area contributed by atoms with Gasteiger partial charge in [0.2, 0.25) is 17.7 Å². The third-order valence-corrected chi connectivity index (χ3v) is 5.61. The van der Waals surface area contributed by atoms with Crippen molar-refractivity contribution >= 4 is 23.4 Å². The molecule has 0 radical (unpaired) electrons. The average Bonchev–Trinajstić information content (AvgIpc) is 2.89. The predicted octanol–water partition coefficient (Wildman–Crippen LogP) is 0.743. The maximum atomic E-state index is 13.6. The van der Waals surface area contributed by atoms with Crippen LogP contribution < -0.4 is 27.8 Å². The lowest BCUT2D eigenvalue weighted by atomic mass is 9.99. The second-order valence-corrected chi connectivity index (χ2v) is 8.56. The number of halogens is 6. The summed E-state index contributed by atoms with van der Waals surface area (Å²) in [6.45, 7) is 0.429. The lowest BCUT2D eigenvalue weighted by Gasteiger charge is -2.26. The van der Waals surface area contributed by atoms with Crippen LogP contribution in [-0.4, -0.2) is 66.0 Å². The van der Waals surface area contributed by atoms with Gasteiger partial charge in [0.15, 0.2) is 17.5 Å². The number of aliphatic hydroxyl groups is 1. The summed E-state index contributed by atoms with van der Waals surface area (Å²) in [5, 5.41) is 14.9. The maximum Gasteiger partial charge on any atom is 0.416 e. The summed E-state index contributed by atoms with van der Waals surface area (Å²) >= 11 is 0. The predicted molar refractivity (Wildman–Crippen MR) is 131 cm³/mol. The number of nitrogens with one attached hydrogen (secondary N) is 2. The van der Waals surface area contributed by atoms with Gasteiger partial charge in [-0.1, -0.05) is 12.1 Å². The number of hydrogen-bond donors (Lipinski definition) is 6. The minimum Gasteiger partial charge on any atom is -0.386 e. The van der Waals surface area contributed by atoms with Gasteiger partial charge >= 0.3 is 6.18 Å². The SMILES string of the molecule is NCCN(CCN)C(=O)C[C@H](N)C(=O)N[C@H](C(=O)Nc1cc(F)c(F)c(F)c1)[C@H](O)c1ccc(C(F)(F)F)cc1. The summed E-state index contributed by atoms with van der Waals surface area (Å²) < 4.78 is 79.3. The van der Waals surface area contributed by atoms with Crippen molar-refractivity contribution in [2.75, 3.05) is 31.5 Å². The van der Waals surface area contributed by atoms with Gasteiger partial charge in [0, 0.05) is 44.0 Å². The number of carbonyl (C=O) groups is 3. The van der Waals surface area contributed by atoms with Crippen LogP contribution in [0, 0.1) is 17.5 Å². The van der Waals surface area contributed by atoms with Crippen molar-refractivity contribution < 1.29 is 45.8 Å². The van der Waals surface area contributed by atoms with Crippen molar-refractivity contribution in [3.05, 3.63) is 65.0 Å². The quantitative estimate of drug-likeness (QED) is 0.159. The minimum atomic E-state index is -4.70. The molecule has 10 nitrogen and oxygen atoms in total. The lowest BCUT2D eigenvalue weighted by molar-refractivity contribution is -0.137. The number of anilines is 1. The van der Waals surface area contributed by atoms with Crippen molar-refractivity contribution in [3.8, 4) is 0 Å². The first-order valence-electron chi connectivity index (χ1n) is 11.7. The van der Waals surface area contributed by atoms with Gasteiger partial charge in [-0.2, -0.15) is 13.2 Å². The third kappa shape index (κ3) is 8.64. The van der Waals surface area contributed by atoms with E-state index in [2.05, 4.69) is 5.32 Å². The fourth-order valence-corrected chi connectivity index (χ4v) is 3.54. The highest BCUT2D eigenvalue weighted by atomic mass is 19.4. The molecule has 220 valence electrons. The molecular formula is C24H28F6N6O4. The molecule has 0 aliphatic carbocycles. The summed E-state index contributed by atoms with van der Waals surface area (Å²) in [6.07, 6.45) is -7.27. The van der Waals surface area contributed by atoms with Crippen LogP contribution in [0.2, 0.25) is 0 Å². The fraction of sp³-hybridized carbons (Fsp3) is 0.375. The van der Waals surface area contributed by atoms with Gasteiger partial charge in [0.1, 0.15) is 12.1 Å². The van der Waals surface area contributed by atoms with E-state index in [1.807, 2.05) is 5.32 Å². The molecule has 0 aliphatic heterocycles. The highest BCUT2D eigenvalue weighted by molar-refractivity contribution is 5.99. The van der Waals surface area contributed by atoms with Gasteiger partial charge in [0.25, 0.3) is 0 Å². The van der Waals surface area contributed by atoms with Gasteiger partial charge in [-0.05, 0) is 17.7 Å². The topological polar surface area (TPSA) is 177 Å². The summed E-state index contributed by atoms with van der Waals surface area (Å²) in [6, 6.07) is 0.214. The van der Waals surface area contributed by atoms with Gasteiger partial charge in [-0.3, -0.25) is 14.4 Å². The van der Waals surface area contributed by atoms with Crippen LogP contribution in [0.25, 0.3) is 0 Å². The molecule has 0 aliphatic rings. The maximum absolute atomic E-state index is 13.6. The Bertz CT molecular complexity index is 1170. The fourth-order valence-electron chi connectivity index (χ4n) is 3.54. The number of carbonyl (C=O) groups excluding carboxylic acids is 3. The van der Waals surface area contributed by atoms with E-state index in [0.29, 0.717) is 24.3 Å². The third-order valence-electron chi connectivity index (χ3n) is 5.61. The largest absolute Gasteiger partial charge is 0.416 e. The van der Waals surface area contributed by atoms with Crippen molar-refractivity contribution in [3.63, 3.8) is 0 Å². The molecule has 0 spiro atoms. The van der Waals surface area contributed by atoms with Gasteiger partial charge < -0.3 is 37.8 Å². The molecule has 2 aromatic rings. The highest BCUT2D eigenvalue weighted by Crippen LogP contribution is 2.30. The van der Waals surface area contributed by atoms with E-state index in [1.165, 1.54) is 4.90 Å². The number of rotatable bonds is 12. The highest BCUT2D eigenvalue weighted by Gasteiger charge is 2.34. The second-order valence-electron chi connectivity index (χ2n) is 8.56. The van der Waals surface area contributed by atoms with Crippen molar-refractivity contribution in [1.29, 1.82) is 0 Å². The van der Waals surface area contributed by atoms with Crippen LogP contribution in [-0.2, 0) is 20.6 Å². The van der Waals surface area contributed by atoms with Crippen molar-refractivity contribution in [2.45, 2.75) is 30.8 Å². The first kappa shape index (κ1) is 32.5. The zero-order chi connectivity index (χ0) is 30.2. The number of hydrogen-bond acceptors (Lipinski definition) is 7. The molecule has 0 fully saturated rings. The Hall–Kier alpha value is -3.73. The number of benzene rings is 2. The molecule has 0 unspecified atom stereocenters. The van der Waals surface area contributed by atoms with Gasteiger partial charge in [-0.25, -0.2) is 13.2 Å². The zero-order valence-electron chi connectivity index (χ0n) is 20.9. The van der Waals surface area contributed by atoms with E-state index in [0.717, 1.165) is 12.1 Å². The van der Waals surface area contributed by atoms with E-state index >= 15 is 0 Å². The summed E-state index contributed by atoms with van der Waals surface area (Å²) in [7, 11) is 0. The number of aliphatic hydroxyl groups excluding tert-OH is 1. The lowest BCUT2D eigenvalue weighted by Crippen LogP contribution is -2.53. The molecule has 40 heavy (non-hydrogen) atoms. The summed E-state index contributed by atoms with van der Waals surface area (Å²) in [5.74, 6) is -8.14. The van der Waals surface area contributed by atoms with Crippen LogP contribution in [0.4, 0.5) is 32.0 Å². The molecule has 0 heterocycles. The van der Waals surface area contributed by atoms with Crippen LogP contribution in [0.1, 0.15) is 23.7 Å². The van der Waals surface area contributed by atoms with Crippen LogP contribution in [0.3, 0.4) is 0 Å². The van der Waals surface area contributed by atoms with Gasteiger partial charge in [-0.15, -0.1) is 0 Å². The molecule has 2 rings (SSSR count). The zero-order valence-corrected chi connectivity index (χ0v) is 20.9. The van der Waals surface area contributed by atoms with Crippen molar-refractivity contribution in [2.24, 2.45) is 17.2 Å². The standard InChI is InChI=1S/C24H28F6N6O4/c25-15-9-14(10-16(26)19(15)27)34-23(40)20(21(38)12-1-3-13(4-2-12)24(28,29)30)35-22(39)17(33)11-18(37)36(7-5-31)8-6-32/h1-4,9-10,17,20-21,38H,5-8,11,31-33H2,(H,34,40)(H,35,39)/t17-,20-,21+/m0/s1. The molecule has 0 saturated heterocycles. The smallest absolute Gasteiger partial charge is 0.386 e. The van der Waals surface area contributed by atoms with Gasteiger partial charge in [0.05, 0.1) is 18.0 Å². The Morgan fingerprint density at radius 1 is 0.925 bits per heavy atom. The number of amides is 3. The van der Waals surface area contributed by atoms with E-state index in [-0.39, 0.29) is 31.7 Å². The summed E-state index contributed by atoms with van der Waals surface area (Å²) in [4.78, 5) is 39.5. The summed E-state index contributed by atoms with van der Waals surface area (Å²) in [5.41, 5.74) is 14.8. The Morgan fingerprint density at radius 3 is 1.93 bits per heavy atom. The van der Waals surface area contributed by atoms with Crippen LogP contribution in [0.15, 0.2) is 36.4 Å². The molecule has 2 aromatic carbocycles. The first-order chi connectivity index (χ1) is 18.7. The second kappa shape index (κ2) is 14.1. The van der Waals surface area contributed by atoms with E-state index in [9.17, 15) is 45.8 Å². The van der Waals surface area contributed by atoms with Crippen molar-refractivity contribution in [1.82, 2.24) is 10.2 Å². The van der Waals surface area contributed by atoms with Crippen LogP contribution >= 0.6 is 0 Å². The van der Waals surface area contributed by atoms with E-state index < -0.39 is 77.2 Å². The Kier molecular flexibility index (Phi) is 11.4. The molecule has 16 heteroatoms. The molecule has 3 atom stereocenters. The van der Waals surface area contributed by atoms with Crippen LogP contribution in [0.5, 0.6) is 0 Å². The first-order valence-corrected chi connectivity index (χ1v) is 11.7.